The number of hydrogen-bond acceptors (Lipinski definition) is 4. The van der Waals surface area contributed by atoms with Gasteiger partial charge in [0.05, 0.1) is 18.0 Å². The minimum Gasteiger partial charge on any atom is -0.489 e. The number of carbonyl (C=O) groups excluding carboxylic acids is 1. The number of amides is 1. The summed E-state index contributed by atoms with van der Waals surface area (Å²) in [5.41, 5.74) is 2.44. The van der Waals surface area contributed by atoms with Crippen molar-refractivity contribution < 1.29 is 17.9 Å². The zero-order valence-electron chi connectivity index (χ0n) is 19.8. The van der Waals surface area contributed by atoms with Gasteiger partial charge in [-0.25, -0.2) is 8.42 Å². The van der Waals surface area contributed by atoms with E-state index in [-0.39, 0.29) is 18.5 Å². The molecule has 3 rings (SSSR count). The minimum atomic E-state index is -3.67. The van der Waals surface area contributed by atoms with Crippen LogP contribution >= 0.6 is 0 Å². The van der Waals surface area contributed by atoms with Crippen LogP contribution in [0.4, 0.5) is 5.69 Å². The molecule has 0 saturated heterocycles. The van der Waals surface area contributed by atoms with Crippen molar-refractivity contribution in [1.29, 1.82) is 0 Å². The van der Waals surface area contributed by atoms with Crippen molar-refractivity contribution in [3.05, 3.63) is 96.1 Å². The summed E-state index contributed by atoms with van der Waals surface area (Å²) in [5, 5.41) is 3.02. The van der Waals surface area contributed by atoms with Crippen LogP contribution in [0.1, 0.15) is 37.4 Å². The normalized spacial score (nSPS) is 12.2. The van der Waals surface area contributed by atoms with E-state index in [9.17, 15) is 13.2 Å². The lowest BCUT2D eigenvalue weighted by Gasteiger charge is -2.25. The highest BCUT2D eigenvalue weighted by atomic mass is 32.2. The fourth-order valence-corrected chi connectivity index (χ4v) is 4.51. The van der Waals surface area contributed by atoms with Crippen LogP contribution < -0.4 is 14.4 Å². The van der Waals surface area contributed by atoms with Crippen molar-refractivity contribution in [2.45, 2.75) is 32.9 Å². The van der Waals surface area contributed by atoms with Gasteiger partial charge in [-0.3, -0.25) is 9.10 Å². The summed E-state index contributed by atoms with van der Waals surface area (Å²) in [6.45, 7) is 4.29. The van der Waals surface area contributed by atoms with Gasteiger partial charge in [-0.2, -0.15) is 0 Å². The largest absolute Gasteiger partial charge is 0.489 e. The molecule has 0 aliphatic rings. The van der Waals surface area contributed by atoms with Gasteiger partial charge in [-0.05, 0) is 47.7 Å². The van der Waals surface area contributed by atoms with Crippen molar-refractivity contribution in [1.82, 2.24) is 5.32 Å². The molecule has 3 aromatic rings. The number of ether oxygens (including phenoxy) is 1. The summed E-state index contributed by atoms with van der Waals surface area (Å²) in [6, 6.07) is 26.0. The molecular formula is C27H32N2O4S. The summed E-state index contributed by atoms with van der Waals surface area (Å²) < 4.78 is 31.9. The lowest BCUT2D eigenvalue weighted by molar-refractivity contribution is -0.120. The van der Waals surface area contributed by atoms with E-state index in [1.165, 1.54) is 0 Å². The molecule has 0 fully saturated rings. The first-order valence-electron chi connectivity index (χ1n) is 11.3. The highest BCUT2D eigenvalue weighted by Crippen LogP contribution is 2.24. The summed E-state index contributed by atoms with van der Waals surface area (Å²) in [4.78, 5) is 12.9. The first kappa shape index (κ1) is 25.3. The molecule has 1 unspecified atom stereocenters. The molecule has 0 aliphatic carbocycles. The SMILES string of the molecule is CC(C)CC(NC(=O)CN(c1ccc(OCc2ccccc2)cc1)S(C)(=O)=O)c1ccccc1. The molecule has 180 valence electrons. The van der Waals surface area contributed by atoms with Crippen molar-refractivity contribution in [3.63, 3.8) is 0 Å². The van der Waals surface area contributed by atoms with Crippen molar-refractivity contribution in [2.75, 3.05) is 17.1 Å². The van der Waals surface area contributed by atoms with E-state index in [2.05, 4.69) is 19.2 Å². The van der Waals surface area contributed by atoms with Gasteiger partial charge in [0.25, 0.3) is 0 Å². The Balaban J connectivity index is 1.70. The second-order valence-corrected chi connectivity index (χ2v) is 10.6. The molecule has 1 atom stereocenters. The van der Waals surface area contributed by atoms with Crippen LogP contribution in [0.5, 0.6) is 5.75 Å². The summed E-state index contributed by atoms with van der Waals surface area (Å²) >= 11 is 0. The third kappa shape index (κ3) is 7.63. The van der Waals surface area contributed by atoms with E-state index >= 15 is 0 Å². The van der Waals surface area contributed by atoms with Gasteiger partial charge in [0, 0.05) is 0 Å². The molecule has 0 spiro atoms. The molecule has 0 radical (unpaired) electrons. The van der Waals surface area contributed by atoms with Gasteiger partial charge in [-0.1, -0.05) is 74.5 Å². The maximum Gasteiger partial charge on any atom is 0.241 e. The number of nitrogens with one attached hydrogen (secondary N) is 1. The van der Waals surface area contributed by atoms with Crippen LogP contribution in [0.2, 0.25) is 0 Å². The van der Waals surface area contributed by atoms with Gasteiger partial charge in [0.2, 0.25) is 15.9 Å². The van der Waals surface area contributed by atoms with Crippen molar-refractivity contribution >= 4 is 21.6 Å². The monoisotopic (exact) mass is 480 g/mol. The Morgan fingerprint density at radius 1 is 0.912 bits per heavy atom. The van der Waals surface area contributed by atoms with E-state index in [0.717, 1.165) is 28.1 Å². The molecular weight excluding hydrogens is 448 g/mol. The molecule has 0 heterocycles. The van der Waals surface area contributed by atoms with Crippen molar-refractivity contribution in [2.24, 2.45) is 5.92 Å². The lowest BCUT2D eigenvalue weighted by Crippen LogP contribution is -2.41. The van der Waals surface area contributed by atoms with E-state index in [1.807, 2.05) is 60.7 Å². The molecule has 6 nitrogen and oxygen atoms in total. The van der Waals surface area contributed by atoms with E-state index < -0.39 is 10.0 Å². The first-order valence-corrected chi connectivity index (χ1v) is 13.2. The molecule has 0 aromatic heterocycles. The predicted octanol–water partition coefficient (Wildman–Crippen LogP) is 4.94. The molecule has 0 aliphatic heterocycles. The van der Waals surface area contributed by atoms with Crippen LogP contribution in [0, 0.1) is 5.92 Å². The van der Waals surface area contributed by atoms with Gasteiger partial charge in [-0.15, -0.1) is 0 Å². The summed E-state index contributed by atoms with van der Waals surface area (Å²) in [5.74, 6) is 0.621. The summed E-state index contributed by atoms with van der Waals surface area (Å²) in [6.07, 6.45) is 1.85. The second-order valence-electron chi connectivity index (χ2n) is 8.70. The Kier molecular flexibility index (Phi) is 8.71. The van der Waals surface area contributed by atoms with Crippen molar-refractivity contribution in [3.8, 4) is 5.75 Å². The molecule has 0 bridgehead atoms. The smallest absolute Gasteiger partial charge is 0.241 e. The molecule has 3 aromatic carbocycles. The zero-order chi connectivity index (χ0) is 24.6. The van der Waals surface area contributed by atoms with Crippen LogP contribution in [0.25, 0.3) is 0 Å². The number of anilines is 1. The van der Waals surface area contributed by atoms with E-state index in [0.29, 0.717) is 24.0 Å². The van der Waals surface area contributed by atoms with Crippen LogP contribution in [-0.2, 0) is 21.4 Å². The highest BCUT2D eigenvalue weighted by molar-refractivity contribution is 7.92. The topological polar surface area (TPSA) is 75.7 Å². The molecule has 7 heteroatoms. The number of carbonyl (C=O) groups is 1. The number of rotatable bonds is 11. The Labute approximate surface area is 202 Å². The minimum absolute atomic E-state index is 0.191. The first-order chi connectivity index (χ1) is 16.2. The third-order valence-corrected chi connectivity index (χ3v) is 6.45. The third-order valence-electron chi connectivity index (χ3n) is 5.30. The Bertz CT molecular complexity index is 1150. The second kappa shape index (κ2) is 11.7. The quantitative estimate of drug-likeness (QED) is 0.422. The summed E-state index contributed by atoms with van der Waals surface area (Å²) in [7, 11) is -3.67. The number of benzene rings is 3. The maximum absolute atomic E-state index is 12.9. The Hall–Kier alpha value is -3.32. The molecule has 1 amide bonds. The van der Waals surface area contributed by atoms with Gasteiger partial charge < -0.3 is 10.1 Å². The lowest BCUT2D eigenvalue weighted by atomic mass is 9.97. The van der Waals surface area contributed by atoms with Gasteiger partial charge in [0.15, 0.2) is 0 Å². The predicted molar refractivity (Wildman–Crippen MR) is 136 cm³/mol. The van der Waals surface area contributed by atoms with Gasteiger partial charge in [0.1, 0.15) is 18.9 Å². The maximum atomic E-state index is 12.9. The average molecular weight is 481 g/mol. The zero-order valence-corrected chi connectivity index (χ0v) is 20.7. The molecule has 1 N–H and O–H groups in total. The Morgan fingerprint density at radius 3 is 2.06 bits per heavy atom. The number of hydrogen-bond donors (Lipinski definition) is 1. The fraction of sp³-hybridized carbons (Fsp3) is 0.296. The van der Waals surface area contributed by atoms with E-state index in [1.54, 1.807) is 24.3 Å². The van der Waals surface area contributed by atoms with Gasteiger partial charge >= 0.3 is 0 Å². The molecule has 0 saturated carbocycles. The van der Waals surface area contributed by atoms with Crippen LogP contribution in [-0.4, -0.2) is 27.1 Å². The number of nitrogens with zero attached hydrogens (tertiary/aromatic N) is 1. The van der Waals surface area contributed by atoms with Crippen LogP contribution in [0.3, 0.4) is 0 Å². The fourth-order valence-electron chi connectivity index (χ4n) is 3.66. The standard InChI is InChI=1S/C27H32N2O4S/c1-21(2)18-26(23-12-8-5-9-13-23)28-27(30)19-29(34(3,31)32)24-14-16-25(17-15-24)33-20-22-10-6-4-7-11-22/h4-17,21,26H,18-20H2,1-3H3,(H,28,30). The highest BCUT2D eigenvalue weighted by Gasteiger charge is 2.23. The molecule has 34 heavy (non-hydrogen) atoms. The number of sulfonamides is 1. The average Bonchev–Trinajstić information content (AvgIpc) is 2.81. The Morgan fingerprint density at radius 2 is 1.50 bits per heavy atom. The van der Waals surface area contributed by atoms with E-state index in [4.69, 9.17) is 4.74 Å². The van der Waals surface area contributed by atoms with Crippen LogP contribution in [0.15, 0.2) is 84.9 Å².